The zero-order valence-corrected chi connectivity index (χ0v) is 14.7. The standard InChI is InChI=1S/C19H26N4O/c1-14-11-23(12-15(14)2)8-7-16-5-4-6-18(9-16)21-19(24)17-10-20-22(3)13-17/h4-6,9-10,13-15H,7-8,11-12H2,1-3H3,(H,21,24)/t14-,15-/m0/s1. The molecule has 1 amide bonds. The summed E-state index contributed by atoms with van der Waals surface area (Å²) in [6, 6.07) is 8.13. The summed E-state index contributed by atoms with van der Waals surface area (Å²) in [4.78, 5) is 14.7. The van der Waals surface area contributed by atoms with E-state index in [0.717, 1.165) is 30.5 Å². The van der Waals surface area contributed by atoms with Gasteiger partial charge >= 0.3 is 0 Å². The van der Waals surface area contributed by atoms with Gasteiger partial charge in [-0.15, -0.1) is 0 Å². The van der Waals surface area contributed by atoms with Crippen molar-refractivity contribution in [3.05, 3.63) is 47.8 Å². The number of benzene rings is 1. The molecule has 0 saturated carbocycles. The molecule has 1 saturated heterocycles. The number of likely N-dealkylation sites (tertiary alicyclic amines) is 1. The lowest BCUT2D eigenvalue weighted by Gasteiger charge is -2.15. The van der Waals surface area contributed by atoms with Crippen molar-refractivity contribution in [3.63, 3.8) is 0 Å². The minimum atomic E-state index is -0.123. The number of nitrogens with one attached hydrogen (secondary N) is 1. The Morgan fingerprint density at radius 1 is 1.29 bits per heavy atom. The normalized spacial score (nSPS) is 21.1. The van der Waals surface area contributed by atoms with Crippen LogP contribution in [0.2, 0.25) is 0 Å². The fraction of sp³-hybridized carbons (Fsp3) is 0.474. The lowest BCUT2D eigenvalue weighted by atomic mass is 10.0. The van der Waals surface area contributed by atoms with Gasteiger partial charge in [0.15, 0.2) is 0 Å². The SMILES string of the molecule is C[C@H]1CN(CCc2cccc(NC(=O)c3cnn(C)c3)c2)C[C@@H]1C. The third-order valence-corrected chi connectivity index (χ3v) is 4.93. The number of amides is 1. The molecule has 1 N–H and O–H groups in total. The van der Waals surface area contributed by atoms with Crippen LogP contribution in [0.15, 0.2) is 36.7 Å². The first-order valence-corrected chi connectivity index (χ1v) is 8.62. The van der Waals surface area contributed by atoms with Gasteiger partial charge in [-0.2, -0.15) is 5.10 Å². The van der Waals surface area contributed by atoms with E-state index in [0.29, 0.717) is 5.56 Å². The van der Waals surface area contributed by atoms with Crippen LogP contribution in [0.1, 0.15) is 29.8 Å². The second kappa shape index (κ2) is 7.18. The first kappa shape index (κ1) is 16.7. The van der Waals surface area contributed by atoms with Gasteiger partial charge in [0.1, 0.15) is 0 Å². The number of hydrogen-bond acceptors (Lipinski definition) is 3. The van der Waals surface area contributed by atoms with Crippen molar-refractivity contribution >= 4 is 11.6 Å². The smallest absolute Gasteiger partial charge is 0.258 e. The highest BCUT2D eigenvalue weighted by molar-refractivity contribution is 6.03. The summed E-state index contributed by atoms with van der Waals surface area (Å²) < 4.78 is 1.63. The highest BCUT2D eigenvalue weighted by Crippen LogP contribution is 2.22. The molecule has 0 spiro atoms. The molecule has 2 heterocycles. The quantitative estimate of drug-likeness (QED) is 0.919. The molecule has 0 unspecified atom stereocenters. The molecule has 3 rings (SSSR count). The van der Waals surface area contributed by atoms with E-state index in [9.17, 15) is 4.79 Å². The van der Waals surface area contributed by atoms with Crippen molar-refractivity contribution in [3.8, 4) is 0 Å². The van der Waals surface area contributed by atoms with E-state index < -0.39 is 0 Å². The molecule has 128 valence electrons. The number of hydrogen-bond donors (Lipinski definition) is 1. The van der Waals surface area contributed by atoms with Crippen LogP contribution in [0.25, 0.3) is 0 Å². The Balaban J connectivity index is 1.57. The number of aryl methyl sites for hydroxylation is 1. The number of nitrogens with zero attached hydrogens (tertiary/aromatic N) is 3. The molecule has 2 atom stereocenters. The number of rotatable bonds is 5. The van der Waals surface area contributed by atoms with E-state index in [4.69, 9.17) is 0 Å². The number of carbonyl (C=O) groups excluding carboxylic acids is 1. The van der Waals surface area contributed by atoms with Gasteiger partial charge in [0, 0.05) is 38.6 Å². The maximum absolute atomic E-state index is 12.2. The van der Waals surface area contributed by atoms with Crippen molar-refractivity contribution in [1.82, 2.24) is 14.7 Å². The molecule has 1 aromatic carbocycles. The van der Waals surface area contributed by atoms with E-state index >= 15 is 0 Å². The molecule has 24 heavy (non-hydrogen) atoms. The highest BCUT2D eigenvalue weighted by atomic mass is 16.1. The van der Waals surface area contributed by atoms with Gasteiger partial charge in [-0.05, 0) is 36.0 Å². The minimum absolute atomic E-state index is 0.123. The molecule has 1 aromatic heterocycles. The van der Waals surface area contributed by atoms with Gasteiger partial charge in [-0.1, -0.05) is 26.0 Å². The fourth-order valence-electron chi connectivity index (χ4n) is 3.27. The maximum atomic E-state index is 12.2. The van der Waals surface area contributed by atoms with Crippen LogP contribution < -0.4 is 5.32 Å². The Kier molecular flexibility index (Phi) is 5.00. The predicted octanol–water partition coefficient (Wildman–Crippen LogP) is 2.80. The van der Waals surface area contributed by atoms with E-state index in [1.807, 2.05) is 12.1 Å². The van der Waals surface area contributed by atoms with Crippen LogP contribution >= 0.6 is 0 Å². The van der Waals surface area contributed by atoms with Crippen molar-refractivity contribution in [2.45, 2.75) is 20.3 Å². The summed E-state index contributed by atoms with van der Waals surface area (Å²) in [6.45, 7) is 8.13. The Labute approximate surface area is 143 Å². The van der Waals surface area contributed by atoms with Crippen LogP contribution in [-0.2, 0) is 13.5 Å². The van der Waals surface area contributed by atoms with Gasteiger partial charge in [0.05, 0.1) is 11.8 Å². The third-order valence-electron chi connectivity index (χ3n) is 4.93. The molecule has 5 heteroatoms. The fourth-order valence-corrected chi connectivity index (χ4v) is 3.27. The average Bonchev–Trinajstić information content (AvgIpc) is 3.12. The molecular formula is C19H26N4O. The summed E-state index contributed by atoms with van der Waals surface area (Å²) >= 11 is 0. The van der Waals surface area contributed by atoms with Crippen molar-refractivity contribution in [1.29, 1.82) is 0 Å². The monoisotopic (exact) mass is 326 g/mol. The van der Waals surface area contributed by atoms with Gasteiger partial charge in [0.2, 0.25) is 0 Å². The van der Waals surface area contributed by atoms with Gasteiger partial charge in [-0.25, -0.2) is 0 Å². The summed E-state index contributed by atoms with van der Waals surface area (Å²) in [7, 11) is 1.80. The second-order valence-corrected chi connectivity index (χ2v) is 7.02. The van der Waals surface area contributed by atoms with Crippen LogP contribution in [-0.4, -0.2) is 40.2 Å². The number of anilines is 1. The Morgan fingerprint density at radius 2 is 2.04 bits per heavy atom. The van der Waals surface area contributed by atoms with Gasteiger partial charge < -0.3 is 10.2 Å². The largest absolute Gasteiger partial charge is 0.322 e. The van der Waals surface area contributed by atoms with E-state index in [1.165, 1.54) is 18.7 Å². The molecule has 1 aliphatic rings. The van der Waals surface area contributed by atoms with Gasteiger partial charge in [0.25, 0.3) is 5.91 Å². The summed E-state index contributed by atoms with van der Waals surface area (Å²) in [5, 5.41) is 6.98. The Bertz CT molecular complexity index is 699. The van der Waals surface area contributed by atoms with Crippen molar-refractivity contribution < 1.29 is 4.79 Å². The minimum Gasteiger partial charge on any atom is -0.322 e. The van der Waals surface area contributed by atoms with Crippen LogP contribution in [0.5, 0.6) is 0 Å². The predicted molar refractivity (Wildman–Crippen MR) is 96.1 cm³/mol. The molecule has 0 bridgehead atoms. The van der Waals surface area contributed by atoms with E-state index in [2.05, 4.69) is 41.3 Å². The Hall–Kier alpha value is -2.14. The van der Waals surface area contributed by atoms with Gasteiger partial charge in [-0.3, -0.25) is 9.48 Å². The lowest BCUT2D eigenvalue weighted by molar-refractivity contribution is 0.102. The summed E-state index contributed by atoms with van der Waals surface area (Å²) in [6.07, 6.45) is 4.31. The van der Waals surface area contributed by atoms with Crippen LogP contribution in [0.3, 0.4) is 0 Å². The van der Waals surface area contributed by atoms with Crippen LogP contribution in [0, 0.1) is 11.8 Å². The summed E-state index contributed by atoms with van der Waals surface area (Å²) in [5.74, 6) is 1.45. The topological polar surface area (TPSA) is 50.2 Å². The molecule has 0 aliphatic carbocycles. The third kappa shape index (κ3) is 4.03. The van der Waals surface area contributed by atoms with E-state index in [-0.39, 0.29) is 5.91 Å². The lowest BCUT2D eigenvalue weighted by Crippen LogP contribution is -2.23. The zero-order valence-electron chi connectivity index (χ0n) is 14.7. The molecule has 0 radical (unpaired) electrons. The first-order chi connectivity index (χ1) is 11.5. The molecule has 5 nitrogen and oxygen atoms in total. The zero-order chi connectivity index (χ0) is 17.1. The first-order valence-electron chi connectivity index (χ1n) is 8.62. The number of aromatic nitrogens is 2. The van der Waals surface area contributed by atoms with Crippen LogP contribution in [0.4, 0.5) is 5.69 Å². The maximum Gasteiger partial charge on any atom is 0.258 e. The average molecular weight is 326 g/mol. The summed E-state index contributed by atoms with van der Waals surface area (Å²) in [5.41, 5.74) is 2.67. The second-order valence-electron chi connectivity index (χ2n) is 7.02. The molecule has 1 aliphatic heterocycles. The van der Waals surface area contributed by atoms with Crippen molar-refractivity contribution in [2.24, 2.45) is 18.9 Å². The molecular weight excluding hydrogens is 300 g/mol. The number of carbonyl (C=O) groups is 1. The molecule has 2 aromatic rings. The highest BCUT2D eigenvalue weighted by Gasteiger charge is 2.25. The van der Waals surface area contributed by atoms with Crippen molar-refractivity contribution in [2.75, 3.05) is 25.0 Å². The van der Waals surface area contributed by atoms with E-state index in [1.54, 1.807) is 24.1 Å². The Morgan fingerprint density at radius 3 is 2.71 bits per heavy atom. The molecule has 1 fully saturated rings.